The van der Waals surface area contributed by atoms with Crippen LogP contribution in [0.1, 0.15) is 30.7 Å². The molecule has 1 aliphatic rings. The van der Waals surface area contributed by atoms with Crippen LogP contribution >= 0.6 is 0 Å². The van der Waals surface area contributed by atoms with Crippen LogP contribution < -0.4 is 11.1 Å². The number of aliphatic hydroxyl groups excluding tert-OH is 2. The van der Waals surface area contributed by atoms with Crippen LogP contribution in [0.2, 0.25) is 0 Å². The maximum Gasteiger partial charge on any atom is 0.303 e. The first-order valence-electron chi connectivity index (χ1n) is 12.2. The molecule has 0 bridgehead atoms. The van der Waals surface area contributed by atoms with E-state index in [0.717, 1.165) is 16.2 Å². The van der Waals surface area contributed by atoms with E-state index >= 15 is 0 Å². The number of anilines is 2. The van der Waals surface area contributed by atoms with E-state index in [0.29, 0.717) is 43.5 Å². The number of aliphatic hydroxyl groups is 2. The number of amides is 1. The molecule has 0 saturated carbocycles. The highest BCUT2D eigenvalue weighted by atomic mass is 16.7. The van der Waals surface area contributed by atoms with Gasteiger partial charge in [0.15, 0.2) is 17.7 Å². The van der Waals surface area contributed by atoms with Gasteiger partial charge in [0.2, 0.25) is 12.4 Å². The van der Waals surface area contributed by atoms with Gasteiger partial charge in [-0.2, -0.15) is 9.97 Å². The van der Waals surface area contributed by atoms with Crippen LogP contribution in [0.4, 0.5) is 11.8 Å². The number of nitrogens with two attached hydrogens (primary N) is 1. The molecule has 14 nitrogen and oxygen atoms in total. The van der Waals surface area contributed by atoms with Crippen molar-refractivity contribution in [1.29, 1.82) is 0 Å². The van der Waals surface area contributed by atoms with Gasteiger partial charge in [-0.3, -0.25) is 19.0 Å². The number of nitrogens with one attached hydrogen (secondary N) is 1. The van der Waals surface area contributed by atoms with Crippen LogP contribution in [-0.2, 0) is 32.0 Å². The molecule has 0 spiro atoms. The fourth-order valence-corrected chi connectivity index (χ4v) is 4.11. The second kappa shape index (κ2) is 12.1. The number of hydrogen-bond acceptors (Lipinski definition) is 11. The van der Waals surface area contributed by atoms with Crippen molar-refractivity contribution in [1.82, 2.24) is 24.6 Å². The Kier molecular flexibility index (Phi) is 8.68. The Labute approximate surface area is 218 Å². The van der Waals surface area contributed by atoms with Gasteiger partial charge in [0.05, 0.1) is 6.33 Å². The van der Waals surface area contributed by atoms with E-state index in [2.05, 4.69) is 20.3 Å². The number of aromatic nitrogens is 4. The normalized spacial score (nSPS) is 21.0. The summed E-state index contributed by atoms with van der Waals surface area (Å²) in [5.74, 6) is -0.434. The smallest absolute Gasteiger partial charge is 0.303 e. The zero-order valence-electron chi connectivity index (χ0n) is 20.8. The van der Waals surface area contributed by atoms with Gasteiger partial charge in [-0.05, 0) is 30.9 Å². The van der Waals surface area contributed by atoms with Crippen LogP contribution in [0.15, 0.2) is 30.6 Å². The van der Waals surface area contributed by atoms with E-state index in [1.807, 2.05) is 24.3 Å². The second-order valence-corrected chi connectivity index (χ2v) is 8.82. The maximum absolute atomic E-state index is 10.9. The fourth-order valence-electron chi connectivity index (χ4n) is 4.11. The highest BCUT2D eigenvalue weighted by molar-refractivity contribution is 5.83. The van der Waals surface area contributed by atoms with Gasteiger partial charge in [0, 0.05) is 19.5 Å². The number of hydrogen-bond donors (Lipinski definition) is 5. The maximum atomic E-state index is 10.9. The Morgan fingerprint density at radius 2 is 1.92 bits per heavy atom. The lowest BCUT2D eigenvalue weighted by Crippen LogP contribution is -2.36. The van der Waals surface area contributed by atoms with Crippen molar-refractivity contribution in [2.75, 3.05) is 30.7 Å². The SMILES string of the molecule is CCN(C=O)OC[C@H]1O[C@@H](n2cnc3c(N)nc(NCCc4ccc(CCC(=O)O)cc4)nc32)C(O)C1O. The number of aryl methyl sites for hydroxylation is 1. The molecule has 0 aliphatic carbocycles. The molecule has 38 heavy (non-hydrogen) atoms. The van der Waals surface area contributed by atoms with E-state index in [1.54, 1.807) is 6.92 Å². The zero-order valence-corrected chi connectivity index (χ0v) is 20.8. The van der Waals surface area contributed by atoms with E-state index in [-0.39, 0.29) is 24.8 Å². The zero-order chi connectivity index (χ0) is 27.2. The lowest BCUT2D eigenvalue weighted by molar-refractivity contribution is -0.189. The number of fused-ring (bicyclic) bond motifs is 1. The average Bonchev–Trinajstić information content (AvgIpc) is 3.45. The van der Waals surface area contributed by atoms with Crippen LogP contribution in [0.25, 0.3) is 11.2 Å². The third-order valence-electron chi connectivity index (χ3n) is 6.24. The molecule has 4 rings (SSSR count). The molecule has 6 N–H and O–H groups in total. The number of carboxylic acid groups (broad SMARTS) is 1. The molecule has 0 radical (unpaired) electrons. The number of carbonyl (C=O) groups is 2. The molecular weight excluding hydrogens is 498 g/mol. The minimum Gasteiger partial charge on any atom is -0.481 e. The van der Waals surface area contributed by atoms with E-state index in [4.69, 9.17) is 20.4 Å². The van der Waals surface area contributed by atoms with Gasteiger partial charge < -0.3 is 31.1 Å². The van der Waals surface area contributed by atoms with Crippen LogP contribution in [0.5, 0.6) is 0 Å². The number of rotatable bonds is 13. The van der Waals surface area contributed by atoms with Crippen LogP contribution in [0, 0.1) is 0 Å². The van der Waals surface area contributed by atoms with Gasteiger partial charge >= 0.3 is 5.97 Å². The third kappa shape index (κ3) is 6.16. The fraction of sp³-hybridized carbons (Fsp3) is 0.458. The highest BCUT2D eigenvalue weighted by Gasteiger charge is 2.44. The van der Waals surface area contributed by atoms with Crippen molar-refractivity contribution in [3.63, 3.8) is 0 Å². The number of ether oxygens (including phenoxy) is 1. The second-order valence-electron chi connectivity index (χ2n) is 8.82. The van der Waals surface area contributed by atoms with Crippen molar-refractivity contribution in [2.45, 2.75) is 50.7 Å². The lowest BCUT2D eigenvalue weighted by Gasteiger charge is -2.19. The summed E-state index contributed by atoms with van der Waals surface area (Å²) in [7, 11) is 0. The first-order valence-corrected chi connectivity index (χ1v) is 12.2. The molecular formula is C24H31N7O7. The Bertz CT molecular complexity index is 1250. The summed E-state index contributed by atoms with van der Waals surface area (Å²) >= 11 is 0. The molecule has 1 amide bonds. The highest BCUT2D eigenvalue weighted by Crippen LogP contribution is 2.32. The molecule has 1 saturated heterocycles. The molecule has 4 atom stereocenters. The molecule has 14 heteroatoms. The van der Waals surface area contributed by atoms with Crippen molar-refractivity contribution >= 4 is 35.3 Å². The van der Waals surface area contributed by atoms with Gasteiger partial charge in [0.25, 0.3) is 0 Å². The summed E-state index contributed by atoms with van der Waals surface area (Å²) in [6, 6.07) is 7.72. The topological polar surface area (TPSA) is 198 Å². The Morgan fingerprint density at radius 3 is 2.58 bits per heavy atom. The van der Waals surface area contributed by atoms with Crippen LogP contribution in [-0.4, -0.2) is 90.3 Å². The number of benzene rings is 1. The Morgan fingerprint density at radius 1 is 1.21 bits per heavy atom. The number of aliphatic carboxylic acids is 1. The first kappa shape index (κ1) is 27.2. The number of hydroxylamine groups is 2. The summed E-state index contributed by atoms with van der Waals surface area (Å²) in [4.78, 5) is 40.0. The van der Waals surface area contributed by atoms with Gasteiger partial charge in [-0.25, -0.2) is 10.0 Å². The summed E-state index contributed by atoms with van der Waals surface area (Å²) in [6.07, 6.45) is -1.34. The van der Waals surface area contributed by atoms with Gasteiger partial charge in [-0.15, -0.1) is 0 Å². The number of carbonyl (C=O) groups excluding carboxylic acids is 1. The minimum atomic E-state index is -1.31. The molecule has 2 aromatic heterocycles. The van der Waals surface area contributed by atoms with Crippen LogP contribution in [0.3, 0.4) is 0 Å². The number of nitrogen functional groups attached to an aromatic ring is 1. The molecule has 1 fully saturated rings. The van der Waals surface area contributed by atoms with Gasteiger partial charge in [0.1, 0.15) is 30.4 Å². The predicted molar refractivity (Wildman–Crippen MR) is 135 cm³/mol. The predicted octanol–water partition coefficient (Wildman–Crippen LogP) is 0.109. The molecule has 204 valence electrons. The number of nitrogens with zero attached hydrogens (tertiary/aromatic N) is 5. The largest absolute Gasteiger partial charge is 0.481 e. The summed E-state index contributed by atoms with van der Waals surface area (Å²) in [5, 5.41) is 34.1. The van der Waals surface area contributed by atoms with Crippen molar-refractivity contribution < 1.29 is 34.5 Å². The molecule has 1 aliphatic heterocycles. The molecule has 3 aromatic rings. The molecule has 2 unspecified atom stereocenters. The molecule has 1 aromatic carbocycles. The van der Waals surface area contributed by atoms with Crippen molar-refractivity contribution in [3.05, 3.63) is 41.7 Å². The molecule has 3 heterocycles. The lowest BCUT2D eigenvalue weighted by atomic mass is 10.1. The van der Waals surface area contributed by atoms with Crippen molar-refractivity contribution in [2.24, 2.45) is 0 Å². The Hall–Kier alpha value is -3.85. The standard InChI is InChI=1S/C24H31N7O7/c1-2-30(13-32)37-11-16-19(35)20(36)23(38-16)31-12-27-18-21(25)28-24(29-22(18)31)26-10-9-15-5-3-14(4-6-15)7-8-17(33)34/h3-6,12-13,16,19-20,23,35-36H,2,7-11H2,1H3,(H,33,34)(H3,25,26,28,29)/t16-,19?,20?,23-/m1/s1. The van der Waals surface area contributed by atoms with Crippen molar-refractivity contribution in [3.8, 4) is 0 Å². The minimum absolute atomic E-state index is 0.0900. The summed E-state index contributed by atoms with van der Waals surface area (Å²) in [6.45, 7) is 2.40. The third-order valence-corrected chi connectivity index (χ3v) is 6.24. The van der Waals surface area contributed by atoms with E-state index in [9.17, 15) is 19.8 Å². The summed E-state index contributed by atoms with van der Waals surface area (Å²) < 4.78 is 7.31. The monoisotopic (exact) mass is 529 g/mol. The van der Waals surface area contributed by atoms with E-state index < -0.39 is 30.5 Å². The Balaban J connectivity index is 1.42. The average molecular weight is 530 g/mol. The quantitative estimate of drug-likeness (QED) is 0.148. The first-order chi connectivity index (χ1) is 18.3. The number of imidazole rings is 1. The number of carboxylic acids is 1. The van der Waals surface area contributed by atoms with Gasteiger partial charge in [-0.1, -0.05) is 24.3 Å². The van der Waals surface area contributed by atoms with E-state index in [1.165, 1.54) is 10.9 Å². The summed E-state index contributed by atoms with van der Waals surface area (Å²) in [5.41, 5.74) is 8.73.